The zero-order chi connectivity index (χ0) is 16.5. The van der Waals surface area contributed by atoms with Crippen molar-refractivity contribution in [3.05, 3.63) is 64.7 Å². The van der Waals surface area contributed by atoms with Crippen molar-refractivity contribution < 1.29 is 4.74 Å². The normalized spacial score (nSPS) is 22.5. The molecule has 0 unspecified atom stereocenters. The van der Waals surface area contributed by atoms with Crippen LogP contribution < -0.4 is 10.1 Å². The smallest absolute Gasteiger partial charge is 0.119 e. The molecule has 24 heavy (non-hydrogen) atoms. The maximum Gasteiger partial charge on any atom is 0.119 e. The molecule has 0 bridgehead atoms. The van der Waals surface area contributed by atoms with E-state index in [4.69, 9.17) is 10.00 Å². The van der Waals surface area contributed by atoms with Gasteiger partial charge >= 0.3 is 0 Å². The molecule has 1 aliphatic carbocycles. The average molecular weight is 318 g/mol. The van der Waals surface area contributed by atoms with Crippen LogP contribution in [-0.4, -0.2) is 13.2 Å². The summed E-state index contributed by atoms with van der Waals surface area (Å²) in [5.41, 5.74) is 4.64. The fraction of sp³-hybridized carbons (Fsp3) is 0.381. The Kier molecular flexibility index (Phi) is 4.00. The van der Waals surface area contributed by atoms with Crippen molar-refractivity contribution in [1.29, 1.82) is 5.26 Å². The molecule has 1 fully saturated rings. The van der Waals surface area contributed by atoms with Gasteiger partial charge in [-0.05, 0) is 59.7 Å². The van der Waals surface area contributed by atoms with E-state index in [9.17, 15) is 0 Å². The number of hydrogen-bond donors (Lipinski definition) is 1. The highest BCUT2D eigenvalue weighted by Crippen LogP contribution is 2.38. The number of hydrogen-bond acceptors (Lipinski definition) is 3. The van der Waals surface area contributed by atoms with E-state index in [-0.39, 0.29) is 6.04 Å². The van der Waals surface area contributed by atoms with Gasteiger partial charge in [0.15, 0.2) is 0 Å². The topological polar surface area (TPSA) is 45.0 Å². The lowest BCUT2D eigenvalue weighted by atomic mass is 9.85. The van der Waals surface area contributed by atoms with Crippen LogP contribution in [0, 0.1) is 17.2 Å². The Morgan fingerprint density at radius 1 is 1.17 bits per heavy atom. The van der Waals surface area contributed by atoms with Crippen molar-refractivity contribution in [2.24, 2.45) is 5.92 Å². The van der Waals surface area contributed by atoms with Crippen LogP contribution in [0.3, 0.4) is 0 Å². The van der Waals surface area contributed by atoms with Gasteiger partial charge in [-0.25, -0.2) is 0 Å². The first-order valence-electron chi connectivity index (χ1n) is 8.69. The van der Waals surface area contributed by atoms with Gasteiger partial charge in [0, 0.05) is 6.04 Å². The highest BCUT2D eigenvalue weighted by Gasteiger charge is 2.32. The van der Waals surface area contributed by atoms with Gasteiger partial charge in [-0.3, -0.25) is 0 Å². The van der Waals surface area contributed by atoms with E-state index in [0.29, 0.717) is 11.6 Å². The lowest BCUT2D eigenvalue weighted by Crippen LogP contribution is -2.40. The highest BCUT2D eigenvalue weighted by molar-refractivity contribution is 5.45. The Morgan fingerprint density at radius 3 is 2.62 bits per heavy atom. The third kappa shape index (κ3) is 3.02. The van der Waals surface area contributed by atoms with E-state index in [1.54, 1.807) is 7.11 Å². The Labute approximate surface area is 143 Å². The van der Waals surface area contributed by atoms with E-state index in [1.807, 2.05) is 18.2 Å². The number of ether oxygens (including phenoxy) is 1. The number of nitrogens with zero attached hydrogens (tertiary/aromatic N) is 1. The second-order valence-electron chi connectivity index (χ2n) is 6.98. The molecule has 122 valence electrons. The lowest BCUT2D eigenvalue weighted by molar-refractivity contribution is 0.392. The first-order chi connectivity index (χ1) is 11.8. The third-order valence-electron chi connectivity index (χ3n) is 5.22. The Bertz CT molecular complexity index is 771. The summed E-state index contributed by atoms with van der Waals surface area (Å²) in [4.78, 5) is 0. The summed E-state index contributed by atoms with van der Waals surface area (Å²) in [6.07, 6.45) is 5.08. The van der Waals surface area contributed by atoms with Crippen LogP contribution in [0.4, 0.5) is 0 Å². The summed E-state index contributed by atoms with van der Waals surface area (Å²) < 4.78 is 5.42. The van der Waals surface area contributed by atoms with Crippen LogP contribution in [0.2, 0.25) is 0 Å². The van der Waals surface area contributed by atoms with E-state index < -0.39 is 0 Å². The number of fused-ring (bicyclic) bond motifs is 1. The molecule has 2 aromatic rings. The molecule has 1 aliphatic heterocycles. The molecule has 0 saturated heterocycles. The summed E-state index contributed by atoms with van der Waals surface area (Å²) in [5, 5.41) is 12.9. The van der Waals surface area contributed by atoms with E-state index >= 15 is 0 Å². The summed E-state index contributed by atoms with van der Waals surface area (Å²) in [5.74, 6) is 1.83. The first-order valence-corrected chi connectivity index (χ1v) is 8.69. The summed E-state index contributed by atoms with van der Waals surface area (Å²) >= 11 is 0. The second kappa shape index (κ2) is 6.30. The van der Waals surface area contributed by atoms with E-state index in [2.05, 4.69) is 35.7 Å². The number of rotatable bonds is 4. The van der Waals surface area contributed by atoms with Gasteiger partial charge in [0.1, 0.15) is 5.75 Å². The molecule has 3 nitrogen and oxygen atoms in total. The predicted molar refractivity (Wildman–Crippen MR) is 94.0 cm³/mol. The average Bonchev–Trinajstić information content (AvgIpc) is 3.44. The monoisotopic (exact) mass is 318 g/mol. The molecule has 2 aromatic carbocycles. The lowest BCUT2D eigenvalue weighted by Gasteiger charge is -2.34. The molecule has 3 heteroatoms. The standard InChI is InChI=1S/C21H22N2O/c1-24-19-8-9-20-17(12-19)11-18(10-14-2-3-14)23-21(20)16-6-4-15(13-22)5-7-16/h4-9,12,14,18,21,23H,2-3,10-11H2,1H3/t18-,21+/m0/s1. The van der Waals surface area contributed by atoms with Crippen molar-refractivity contribution >= 4 is 0 Å². The van der Waals surface area contributed by atoms with E-state index in [1.165, 1.54) is 36.0 Å². The zero-order valence-electron chi connectivity index (χ0n) is 14.0. The molecular weight excluding hydrogens is 296 g/mol. The quantitative estimate of drug-likeness (QED) is 0.927. The fourth-order valence-electron chi connectivity index (χ4n) is 3.75. The highest BCUT2D eigenvalue weighted by atomic mass is 16.5. The van der Waals surface area contributed by atoms with Crippen LogP contribution in [-0.2, 0) is 6.42 Å². The van der Waals surface area contributed by atoms with Gasteiger partial charge in [0.2, 0.25) is 0 Å². The maximum absolute atomic E-state index is 9.02. The minimum atomic E-state index is 0.191. The largest absolute Gasteiger partial charge is 0.497 e. The molecule has 4 rings (SSSR count). The van der Waals surface area contributed by atoms with Gasteiger partial charge in [0.25, 0.3) is 0 Å². The molecular formula is C21H22N2O. The Morgan fingerprint density at radius 2 is 1.96 bits per heavy atom. The Hall–Kier alpha value is -2.31. The predicted octanol–water partition coefficient (Wildman–Crippen LogP) is 3.97. The summed E-state index contributed by atoms with van der Waals surface area (Å²) in [6, 6.07) is 17.3. The van der Waals surface area contributed by atoms with Crippen molar-refractivity contribution in [2.75, 3.05) is 7.11 Å². The zero-order valence-corrected chi connectivity index (χ0v) is 14.0. The molecule has 1 saturated carbocycles. The fourth-order valence-corrected chi connectivity index (χ4v) is 3.75. The maximum atomic E-state index is 9.02. The minimum absolute atomic E-state index is 0.191. The second-order valence-corrected chi connectivity index (χ2v) is 6.98. The van der Waals surface area contributed by atoms with Crippen LogP contribution in [0.5, 0.6) is 5.75 Å². The van der Waals surface area contributed by atoms with Gasteiger partial charge in [-0.1, -0.05) is 31.0 Å². The van der Waals surface area contributed by atoms with Crippen molar-refractivity contribution in [1.82, 2.24) is 5.32 Å². The van der Waals surface area contributed by atoms with Crippen LogP contribution >= 0.6 is 0 Å². The number of nitrogens with one attached hydrogen (secondary N) is 1. The number of benzene rings is 2. The molecule has 0 spiro atoms. The van der Waals surface area contributed by atoms with Gasteiger partial charge in [0.05, 0.1) is 24.8 Å². The molecule has 2 aliphatic rings. The first kappa shape index (κ1) is 15.2. The molecule has 2 atom stereocenters. The summed E-state index contributed by atoms with van der Waals surface area (Å²) in [6.45, 7) is 0. The molecule has 0 aromatic heterocycles. The Balaban J connectivity index is 1.69. The summed E-state index contributed by atoms with van der Waals surface area (Å²) in [7, 11) is 1.72. The number of nitriles is 1. The number of methoxy groups -OCH3 is 1. The van der Waals surface area contributed by atoms with Gasteiger partial charge in [-0.15, -0.1) is 0 Å². The van der Waals surface area contributed by atoms with Crippen LogP contribution in [0.1, 0.15) is 47.6 Å². The third-order valence-corrected chi connectivity index (χ3v) is 5.22. The van der Waals surface area contributed by atoms with Gasteiger partial charge < -0.3 is 10.1 Å². The van der Waals surface area contributed by atoms with Gasteiger partial charge in [-0.2, -0.15) is 5.26 Å². The molecule has 1 heterocycles. The SMILES string of the molecule is COc1ccc2c(c1)C[C@H](CC1CC1)N[C@@H]2c1ccc(C#N)cc1. The molecule has 1 N–H and O–H groups in total. The van der Waals surface area contributed by atoms with E-state index in [0.717, 1.165) is 18.1 Å². The van der Waals surface area contributed by atoms with Crippen LogP contribution in [0.15, 0.2) is 42.5 Å². The minimum Gasteiger partial charge on any atom is -0.497 e. The molecule has 0 amide bonds. The van der Waals surface area contributed by atoms with Crippen molar-refractivity contribution in [2.45, 2.75) is 37.8 Å². The molecule has 0 radical (unpaired) electrons. The van der Waals surface area contributed by atoms with Crippen LogP contribution in [0.25, 0.3) is 0 Å². The van der Waals surface area contributed by atoms with Crippen molar-refractivity contribution in [3.8, 4) is 11.8 Å². The van der Waals surface area contributed by atoms with Crippen molar-refractivity contribution in [3.63, 3.8) is 0 Å².